The Hall–Kier alpha value is -0.760. The molecule has 0 aliphatic rings. The molecule has 0 N–H and O–H groups in total. The van der Waals surface area contributed by atoms with Gasteiger partial charge >= 0.3 is 0 Å². The number of carbonyl (C=O) groups excluding carboxylic acids is 1. The van der Waals surface area contributed by atoms with Gasteiger partial charge in [-0.05, 0) is 5.56 Å². The highest BCUT2D eigenvalue weighted by Crippen LogP contribution is 2.13. The second-order valence-corrected chi connectivity index (χ2v) is 3.36. The van der Waals surface area contributed by atoms with Crippen LogP contribution in [-0.2, 0) is 10.5 Å². The van der Waals surface area contributed by atoms with E-state index in [4.69, 9.17) is 0 Å². The molecule has 0 heterocycles. The summed E-state index contributed by atoms with van der Waals surface area (Å²) in [5, 5.41) is 0.138. The minimum Gasteiger partial charge on any atom is -0.287 e. The lowest BCUT2D eigenvalue weighted by molar-refractivity contribution is -0.108. The predicted molar refractivity (Wildman–Crippen MR) is 52.7 cm³/mol. The first-order valence-corrected chi connectivity index (χ1v) is 4.81. The number of hydrogen-bond donors (Lipinski definition) is 0. The Morgan fingerprint density at radius 2 is 2.08 bits per heavy atom. The summed E-state index contributed by atoms with van der Waals surface area (Å²) in [4.78, 5) is 10.9. The van der Waals surface area contributed by atoms with Crippen LogP contribution < -0.4 is 0 Å². The minimum atomic E-state index is 0.138. The van der Waals surface area contributed by atoms with Crippen molar-refractivity contribution in [2.45, 2.75) is 12.7 Å². The van der Waals surface area contributed by atoms with E-state index in [-0.39, 0.29) is 5.12 Å². The molecule has 1 aromatic carbocycles. The molecule has 1 nitrogen and oxygen atoms in total. The Labute approximate surface area is 77.2 Å². The number of rotatable bonds is 3. The molecule has 0 fully saturated rings. The summed E-state index contributed by atoms with van der Waals surface area (Å²) in [7, 11) is 0. The van der Waals surface area contributed by atoms with Gasteiger partial charge in [0.25, 0.3) is 0 Å². The van der Waals surface area contributed by atoms with Crippen molar-refractivity contribution in [3.05, 3.63) is 42.3 Å². The number of benzene rings is 1. The van der Waals surface area contributed by atoms with Crippen LogP contribution in [0.1, 0.15) is 12.5 Å². The van der Waals surface area contributed by atoms with Crippen LogP contribution in [0.25, 0.3) is 0 Å². The topological polar surface area (TPSA) is 17.1 Å². The standard InChI is InChI=1S/C10H11OS/c1-2-10(11)12-8-9-6-4-3-5-7-9/h2-7H,8H2,1H3. The van der Waals surface area contributed by atoms with Gasteiger partial charge in [-0.1, -0.05) is 49.0 Å². The lowest BCUT2D eigenvalue weighted by Gasteiger charge is -1.97. The van der Waals surface area contributed by atoms with Gasteiger partial charge in [-0.3, -0.25) is 4.79 Å². The molecule has 0 bridgehead atoms. The molecule has 0 aliphatic heterocycles. The SMILES string of the molecule is C[CH]C(=O)SCc1ccccc1. The Morgan fingerprint density at radius 1 is 1.42 bits per heavy atom. The molecule has 1 aromatic rings. The van der Waals surface area contributed by atoms with Gasteiger partial charge in [0.05, 0.1) is 0 Å². The summed E-state index contributed by atoms with van der Waals surface area (Å²) in [6, 6.07) is 9.99. The summed E-state index contributed by atoms with van der Waals surface area (Å²) in [5.41, 5.74) is 1.19. The van der Waals surface area contributed by atoms with E-state index in [9.17, 15) is 4.79 Å². The Kier molecular flexibility index (Phi) is 3.88. The molecule has 1 radical (unpaired) electrons. The van der Waals surface area contributed by atoms with Gasteiger partial charge in [0.2, 0.25) is 0 Å². The highest BCUT2D eigenvalue weighted by molar-refractivity contribution is 8.13. The lowest BCUT2D eigenvalue weighted by Crippen LogP contribution is -1.89. The van der Waals surface area contributed by atoms with Crippen molar-refractivity contribution in [2.75, 3.05) is 0 Å². The fourth-order valence-electron chi connectivity index (χ4n) is 0.812. The minimum absolute atomic E-state index is 0.138. The Balaban J connectivity index is 2.38. The van der Waals surface area contributed by atoms with Crippen LogP contribution in [-0.4, -0.2) is 5.12 Å². The fraction of sp³-hybridized carbons (Fsp3) is 0.200. The first-order valence-electron chi connectivity index (χ1n) is 3.83. The van der Waals surface area contributed by atoms with Crippen molar-refractivity contribution in [2.24, 2.45) is 0 Å². The first-order chi connectivity index (χ1) is 5.83. The summed E-state index contributed by atoms with van der Waals surface area (Å²) >= 11 is 1.34. The Bertz CT molecular complexity index is 243. The maximum Gasteiger partial charge on any atom is 0.192 e. The fourth-order valence-corrected chi connectivity index (χ4v) is 1.48. The lowest BCUT2D eigenvalue weighted by atomic mass is 10.2. The van der Waals surface area contributed by atoms with E-state index >= 15 is 0 Å². The second-order valence-electron chi connectivity index (χ2n) is 2.38. The molecule has 0 amide bonds. The quantitative estimate of drug-likeness (QED) is 0.709. The van der Waals surface area contributed by atoms with Gasteiger partial charge in [-0.15, -0.1) is 0 Å². The van der Waals surface area contributed by atoms with Crippen LogP contribution in [0.3, 0.4) is 0 Å². The van der Waals surface area contributed by atoms with Crippen LogP contribution in [0.5, 0.6) is 0 Å². The van der Waals surface area contributed by atoms with E-state index in [0.717, 1.165) is 5.75 Å². The summed E-state index contributed by atoms with van der Waals surface area (Å²) in [5.74, 6) is 0.768. The van der Waals surface area contributed by atoms with Gasteiger partial charge in [0.15, 0.2) is 5.12 Å². The number of thioether (sulfide) groups is 1. The van der Waals surface area contributed by atoms with Gasteiger partial charge in [0, 0.05) is 12.2 Å². The first kappa shape index (κ1) is 9.33. The molecule has 0 unspecified atom stereocenters. The summed E-state index contributed by atoms with van der Waals surface area (Å²) in [6.07, 6.45) is 1.59. The zero-order chi connectivity index (χ0) is 8.81. The van der Waals surface area contributed by atoms with Crippen LogP contribution in [0.4, 0.5) is 0 Å². The van der Waals surface area contributed by atoms with Crippen molar-refractivity contribution >= 4 is 16.9 Å². The third kappa shape index (κ3) is 3.09. The van der Waals surface area contributed by atoms with E-state index in [1.807, 2.05) is 30.3 Å². The molecule has 0 aliphatic carbocycles. The highest BCUT2D eigenvalue weighted by Gasteiger charge is 1.98. The van der Waals surface area contributed by atoms with Crippen molar-refractivity contribution in [1.29, 1.82) is 0 Å². The zero-order valence-corrected chi connectivity index (χ0v) is 7.80. The molecule has 1 rings (SSSR count). The van der Waals surface area contributed by atoms with Crippen molar-refractivity contribution in [3.8, 4) is 0 Å². The number of hydrogen-bond acceptors (Lipinski definition) is 2. The van der Waals surface area contributed by atoms with Crippen molar-refractivity contribution in [3.63, 3.8) is 0 Å². The second kappa shape index (κ2) is 4.99. The molecule has 0 saturated heterocycles. The van der Waals surface area contributed by atoms with Crippen LogP contribution >= 0.6 is 11.8 Å². The summed E-state index contributed by atoms with van der Waals surface area (Å²) in [6.45, 7) is 1.76. The normalized spacial score (nSPS) is 9.75. The van der Waals surface area contributed by atoms with E-state index < -0.39 is 0 Å². The van der Waals surface area contributed by atoms with Gasteiger partial charge in [0.1, 0.15) is 0 Å². The maximum absolute atomic E-state index is 10.9. The van der Waals surface area contributed by atoms with Crippen molar-refractivity contribution in [1.82, 2.24) is 0 Å². The van der Waals surface area contributed by atoms with E-state index in [2.05, 4.69) is 0 Å². The molecular weight excluding hydrogens is 168 g/mol. The molecule has 2 heteroatoms. The molecule has 0 aromatic heterocycles. The maximum atomic E-state index is 10.9. The molecule has 0 atom stereocenters. The molecule has 12 heavy (non-hydrogen) atoms. The Morgan fingerprint density at radius 3 is 2.67 bits per heavy atom. The predicted octanol–water partition coefficient (Wildman–Crippen LogP) is 2.67. The average Bonchev–Trinajstić information content (AvgIpc) is 2.16. The molecule has 0 saturated carbocycles. The van der Waals surface area contributed by atoms with E-state index in [1.54, 1.807) is 13.3 Å². The average molecular weight is 179 g/mol. The number of carbonyl (C=O) groups is 1. The van der Waals surface area contributed by atoms with Crippen LogP contribution in [0.2, 0.25) is 0 Å². The molecular formula is C10H11OS. The smallest absolute Gasteiger partial charge is 0.192 e. The third-order valence-corrected chi connectivity index (χ3v) is 2.46. The van der Waals surface area contributed by atoms with Crippen LogP contribution in [0.15, 0.2) is 30.3 Å². The van der Waals surface area contributed by atoms with E-state index in [1.165, 1.54) is 17.3 Å². The zero-order valence-electron chi connectivity index (χ0n) is 6.99. The third-order valence-electron chi connectivity index (χ3n) is 1.46. The summed E-state index contributed by atoms with van der Waals surface area (Å²) < 4.78 is 0. The highest BCUT2D eigenvalue weighted by atomic mass is 32.2. The van der Waals surface area contributed by atoms with Crippen molar-refractivity contribution < 1.29 is 4.79 Å². The van der Waals surface area contributed by atoms with Gasteiger partial charge in [-0.2, -0.15) is 0 Å². The molecule has 0 spiro atoms. The van der Waals surface area contributed by atoms with Crippen LogP contribution in [0, 0.1) is 6.42 Å². The monoisotopic (exact) mass is 179 g/mol. The largest absolute Gasteiger partial charge is 0.287 e. The van der Waals surface area contributed by atoms with Gasteiger partial charge in [-0.25, -0.2) is 0 Å². The van der Waals surface area contributed by atoms with E-state index in [0.29, 0.717) is 0 Å². The molecule has 63 valence electrons. The van der Waals surface area contributed by atoms with Gasteiger partial charge < -0.3 is 0 Å².